The summed E-state index contributed by atoms with van der Waals surface area (Å²) in [5.74, 6) is 8.00. The van der Waals surface area contributed by atoms with E-state index in [2.05, 4.69) is 217 Å². The molecular weight excluding hydrogens is 1630 g/mol. The van der Waals surface area contributed by atoms with E-state index in [4.69, 9.17) is 44.5 Å². The van der Waals surface area contributed by atoms with E-state index in [1.165, 1.54) is 61.2 Å². The van der Waals surface area contributed by atoms with Crippen LogP contribution in [0.5, 0.6) is 57.5 Å². The van der Waals surface area contributed by atoms with E-state index in [-0.39, 0.29) is 10.8 Å². The molecule has 0 amide bonds. The molecule has 0 bridgehead atoms. The second-order valence-corrected chi connectivity index (χ2v) is 36.2. The molecule has 16 nitrogen and oxygen atoms in total. The molecule has 0 aliphatic heterocycles. The van der Waals surface area contributed by atoms with Crippen LogP contribution < -0.4 is 37.9 Å². The molecule has 0 saturated carbocycles. The van der Waals surface area contributed by atoms with Gasteiger partial charge in [-0.1, -0.05) is 200 Å². The fraction of sp³-hybridized carbons (Fsp3) is 0.212. The van der Waals surface area contributed by atoms with Crippen LogP contribution in [0.4, 0.5) is 5.69 Å². The van der Waals surface area contributed by atoms with Crippen LogP contribution in [0, 0.1) is 89.7 Å². The van der Waals surface area contributed by atoms with E-state index in [1.807, 2.05) is 193 Å². The molecule has 16 rings (SSSR count). The fourth-order valence-corrected chi connectivity index (χ4v) is 17.2. The van der Waals surface area contributed by atoms with Crippen LogP contribution in [-0.2, 0) is 17.3 Å². The molecule has 0 atom stereocenters. The van der Waals surface area contributed by atoms with Gasteiger partial charge < -0.3 is 37.9 Å². The molecule has 0 aliphatic carbocycles. The summed E-state index contributed by atoms with van der Waals surface area (Å²) in [6, 6.07) is 86.9. The Morgan fingerprint density at radius 2 is 0.632 bits per heavy atom. The summed E-state index contributed by atoms with van der Waals surface area (Å²) in [6.45, 7) is 47.2. The Labute approximate surface area is 769 Å². The van der Waals surface area contributed by atoms with Crippen molar-refractivity contribution in [1.29, 1.82) is 0 Å². The maximum absolute atomic E-state index is 7.26. The number of para-hydroxylation sites is 5. The fourth-order valence-electron chi connectivity index (χ4n) is 14.1. The molecule has 5 aromatic heterocycles. The SMILES string of the molecule is CCc1cc(C)nc2c([O][Al][O]c3ccc(C)cc3)cccc12.Cc1cc(C)c2cccc([O][Al][O]c3cc(C(C)(C)C)cc(C(C)(C)C)c3)c2n1.Cc1cc(C)c2cccc([O][Al][O]c3ccc(-c4ccccc4)cc3)c2n1.Cc1cc(C)cc([O][Al][O]c2cccc3c(C)cc(C)nc23)c1.[C-]#[N+]c1ccc([O][Al][O]c2ccccc2C)c2nc(C)ccc12. The van der Waals surface area contributed by atoms with Crippen LogP contribution in [0.15, 0.2) is 261 Å². The van der Waals surface area contributed by atoms with Crippen LogP contribution in [0.2, 0.25) is 0 Å². The lowest BCUT2D eigenvalue weighted by molar-refractivity contribution is 0.457. The minimum atomic E-state index is -0.710. The number of aryl methyl sites for hydroxylation is 13. The Morgan fingerprint density at radius 1 is 0.272 bits per heavy atom. The zero-order valence-electron chi connectivity index (χ0n) is 74.7. The number of nitrogens with zero attached hydrogens (tertiary/aromatic N) is 6. The molecule has 21 heteroatoms. The van der Waals surface area contributed by atoms with Gasteiger partial charge in [0.05, 0.1) is 40.8 Å². The standard InChI is InChI=1S/C14H22O.C12H13NO.C12H10O.C11H8N2O.3C11H11NO.C8H10O.2C7H8O.5Al/c1-13(2,3)10-7-11(14(4,5)6)9-12(15)8-10;1-3-9-7-8(2)13-12-10(9)5-4-6-11(12)14;13-12-8-6-11(7-9-12)10-4-2-1-3-5-10;1-7-3-4-8-9(12-2)5-6-10(14)11(8)13-7;3*1-7-6-8(2)12-11-9(7)4-3-5-10(11)13;1-6-3-7(2)5-8(9)4-6;1-6-2-4-7(8)5-3-6;1-6-4-2-3-5-7(6)8;;;;;/h7-9,15H,1-6H3;4-7,14H,3H2,1-2H3;1-9,13H;3-6,14H,1H3;3*3-6,13H,1-2H3;3-5,9H,1-2H3;2*2-5,8H,1H3;;;;;/q;;;;;;;;;;5*+2/p-10. The number of hydrogen-bond donors (Lipinski definition) is 0. The summed E-state index contributed by atoms with van der Waals surface area (Å²) in [4.78, 5) is 26.7. The van der Waals surface area contributed by atoms with Gasteiger partial charge in [-0.15, -0.1) is 0 Å². The molecule has 0 saturated heterocycles. The van der Waals surface area contributed by atoms with E-state index >= 15 is 0 Å². The molecule has 623 valence electrons. The van der Waals surface area contributed by atoms with Gasteiger partial charge in [0.25, 0.3) is 0 Å². The quantitative estimate of drug-likeness (QED) is 0.0465. The maximum atomic E-state index is 7.26. The van der Waals surface area contributed by atoms with E-state index in [1.54, 1.807) is 12.1 Å². The molecular formula is C104H102Al5N6O10. The first-order valence-corrected chi connectivity index (χ1v) is 46.3. The highest BCUT2D eigenvalue weighted by Crippen LogP contribution is 2.37. The smallest absolute Gasteiger partial charge is 0.616 e. The van der Waals surface area contributed by atoms with E-state index in [0.29, 0.717) is 17.0 Å². The summed E-state index contributed by atoms with van der Waals surface area (Å²) >= 11 is -3.34. The van der Waals surface area contributed by atoms with Gasteiger partial charge >= 0.3 is 79.4 Å². The first-order valence-electron chi connectivity index (χ1n) is 41.6. The number of benzene rings is 11. The Bertz CT molecular complexity index is 6430. The zero-order chi connectivity index (χ0) is 88.9. The van der Waals surface area contributed by atoms with Crippen LogP contribution in [-0.4, -0.2) is 104 Å². The monoisotopic (exact) mass is 1730 g/mol. The number of aromatic nitrogens is 5. The zero-order valence-corrected chi connectivity index (χ0v) is 80.5. The van der Waals surface area contributed by atoms with Crippen molar-refractivity contribution in [1.82, 2.24) is 24.9 Å². The summed E-state index contributed by atoms with van der Waals surface area (Å²) in [5.41, 5.74) is 24.4. The number of rotatable bonds is 22. The Kier molecular flexibility index (Phi) is 32.3. The largest absolute Gasteiger partial charge is 0.881 e. The highest BCUT2D eigenvalue weighted by atomic mass is 27.2. The molecule has 0 fully saturated rings. The van der Waals surface area contributed by atoms with Gasteiger partial charge in [-0.05, 0) is 277 Å². The third-order valence-corrected chi connectivity index (χ3v) is 24.1. The van der Waals surface area contributed by atoms with Crippen molar-refractivity contribution in [3.8, 4) is 68.6 Å². The van der Waals surface area contributed by atoms with Crippen molar-refractivity contribution < 1.29 is 37.9 Å². The summed E-state index contributed by atoms with van der Waals surface area (Å²) in [7, 11) is 0. The maximum Gasteiger partial charge on any atom is 0.881 e. The van der Waals surface area contributed by atoms with Gasteiger partial charge in [0.2, 0.25) is 0 Å². The van der Waals surface area contributed by atoms with Crippen molar-refractivity contribution in [2.24, 2.45) is 0 Å². The third-order valence-electron chi connectivity index (χ3n) is 20.6. The lowest BCUT2D eigenvalue weighted by Crippen LogP contribution is -2.18. The van der Waals surface area contributed by atoms with Crippen molar-refractivity contribution >= 4 is 140 Å². The molecule has 11 aromatic carbocycles. The van der Waals surface area contributed by atoms with Gasteiger partial charge in [-0.2, -0.15) is 0 Å². The first kappa shape index (κ1) is 92.8. The second-order valence-electron chi connectivity index (χ2n) is 32.9. The van der Waals surface area contributed by atoms with Crippen LogP contribution in [0.25, 0.3) is 70.5 Å². The summed E-state index contributed by atoms with van der Waals surface area (Å²) in [5, 5.41) is 5.32. The Hall–Kier alpha value is -11.4. The highest BCUT2D eigenvalue weighted by molar-refractivity contribution is 6.23. The molecule has 0 unspecified atom stereocenters. The third kappa shape index (κ3) is 25.7. The number of fused-ring (bicyclic) bond motifs is 5. The van der Waals surface area contributed by atoms with Crippen molar-refractivity contribution in [2.75, 3.05) is 0 Å². The van der Waals surface area contributed by atoms with E-state index in [0.717, 1.165) is 141 Å². The average Bonchev–Trinajstić information content (AvgIpc) is 0.808. The number of pyridine rings is 5. The van der Waals surface area contributed by atoms with Gasteiger partial charge in [0.1, 0.15) is 50.8 Å². The molecule has 5 heterocycles. The van der Waals surface area contributed by atoms with E-state index < -0.39 is 79.4 Å². The van der Waals surface area contributed by atoms with Crippen molar-refractivity contribution in [3.63, 3.8) is 0 Å². The molecule has 0 spiro atoms. The van der Waals surface area contributed by atoms with Crippen LogP contribution in [0.1, 0.15) is 133 Å². The molecule has 125 heavy (non-hydrogen) atoms. The topological polar surface area (TPSA) is 161 Å². The Morgan fingerprint density at radius 3 is 1.08 bits per heavy atom. The van der Waals surface area contributed by atoms with Crippen LogP contribution >= 0.6 is 0 Å². The predicted molar refractivity (Wildman–Crippen MR) is 511 cm³/mol. The lowest BCUT2D eigenvalue weighted by atomic mass is 9.80. The summed E-state index contributed by atoms with van der Waals surface area (Å²) in [6.07, 6.45) is 0.982. The van der Waals surface area contributed by atoms with Crippen LogP contribution in [0.3, 0.4) is 0 Å². The minimum Gasteiger partial charge on any atom is -0.616 e. The van der Waals surface area contributed by atoms with Gasteiger partial charge in [-0.25, -0.2) is 24.8 Å². The van der Waals surface area contributed by atoms with Crippen molar-refractivity contribution in [2.45, 2.75) is 149 Å². The van der Waals surface area contributed by atoms with Gasteiger partial charge in [0.15, 0.2) is 5.69 Å². The molecule has 0 N–H and O–H groups in total. The first-order chi connectivity index (χ1) is 60.0. The average molecular weight is 1730 g/mol. The second kappa shape index (κ2) is 43.5. The number of hydrogen-bond acceptors (Lipinski definition) is 15. The molecule has 0 aliphatic rings. The molecule has 16 aromatic rings. The summed E-state index contributed by atoms with van der Waals surface area (Å²) < 4.78 is 58.9. The normalized spacial score (nSPS) is 10.9. The lowest BCUT2D eigenvalue weighted by Gasteiger charge is -2.26. The minimum absolute atomic E-state index is 0.0597. The van der Waals surface area contributed by atoms with E-state index in [9.17, 15) is 0 Å². The van der Waals surface area contributed by atoms with Gasteiger partial charge in [0, 0.05) is 55.4 Å². The predicted octanol–water partition coefficient (Wildman–Crippen LogP) is 25.2. The van der Waals surface area contributed by atoms with Crippen molar-refractivity contribution in [3.05, 3.63) is 356 Å². The Balaban J connectivity index is 0.000000143. The van der Waals surface area contributed by atoms with Gasteiger partial charge in [-0.3, -0.25) is 4.98 Å². The molecule has 5 radical (unpaired) electrons. The highest BCUT2D eigenvalue weighted by Gasteiger charge is 2.24.